The third kappa shape index (κ3) is 4.74. The summed E-state index contributed by atoms with van der Waals surface area (Å²) in [5.74, 6) is 0.612. The first-order valence-electron chi connectivity index (χ1n) is 12.3. The summed E-state index contributed by atoms with van der Waals surface area (Å²) < 4.78 is 27.2. The first-order chi connectivity index (χ1) is 16.5. The Hall–Kier alpha value is -2.71. The van der Waals surface area contributed by atoms with Gasteiger partial charge in [0, 0.05) is 50.4 Å². The molecule has 0 atom stereocenters. The van der Waals surface area contributed by atoms with Crippen LogP contribution in [0.3, 0.4) is 0 Å². The molecule has 34 heavy (non-hydrogen) atoms. The molecule has 4 heterocycles. The molecule has 0 aliphatic carbocycles. The normalized spacial score (nSPS) is 18.4. The number of fused-ring (bicyclic) bond motifs is 1. The van der Waals surface area contributed by atoms with Crippen molar-refractivity contribution >= 4 is 27.0 Å². The van der Waals surface area contributed by atoms with Gasteiger partial charge >= 0.3 is 0 Å². The fourth-order valence-corrected chi connectivity index (χ4v) is 6.76. The fraction of sp³-hybridized carbons (Fsp3) is 0.462. The van der Waals surface area contributed by atoms with Gasteiger partial charge in [0.1, 0.15) is 5.65 Å². The first-order valence-corrected chi connectivity index (χ1v) is 13.8. The maximum atomic E-state index is 12.8. The largest absolute Gasteiger partial charge is 0.346 e. The number of carbonyl (C=O) groups excluding carboxylic acids is 1. The number of benzene rings is 1. The van der Waals surface area contributed by atoms with E-state index in [0.717, 1.165) is 56.4 Å². The maximum Gasteiger partial charge on any atom is 0.243 e. The monoisotopic (exact) mass is 480 g/mol. The summed E-state index contributed by atoms with van der Waals surface area (Å²) in [5.41, 5.74) is 3.22. The predicted molar refractivity (Wildman–Crippen MR) is 132 cm³/mol. The van der Waals surface area contributed by atoms with Crippen molar-refractivity contribution in [2.75, 3.05) is 26.2 Å². The summed E-state index contributed by atoms with van der Waals surface area (Å²) in [6, 6.07) is 11.1. The fourth-order valence-electron chi connectivity index (χ4n) is 5.25. The van der Waals surface area contributed by atoms with Gasteiger partial charge in [-0.05, 0) is 73.4 Å². The molecule has 1 N–H and O–H groups in total. The second-order valence-corrected chi connectivity index (χ2v) is 11.3. The first kappa shape index (κ1) is 23.1. The van der Waals surface area contributed by atoms with Gasteiger partial charge in [-0.2, -0.15) is 4.31 Å². The van der Waals surface area contributed by atoms with Crippen LogP contribution >= 0.6 is 0 Å². The standard InChI is InChI=1S/C26H32N4O3S/c31-25(29-17-12-21(13-18-29)24-19-28-26-23(24)5-4-14-27-26)11-8-20-6-9-22(10-7-20)34(32,33)30-15-2-1-3-16-30/h4-7,9-10,14,19,21H,1-3,8,11-13,15-18H2,(H,27,28). The zero-order valence-corrected chi connectivity index (χ0v) is 20.3. The Labute approximate surface area is 201 Å². The predicted octanol–water partition coefficient (Wildman–Crippen LogP) is 4.08. The van der Waals surface area contributed by atoms with Crippen molar-refractivity contribution in [1.82, 2.24) is 19.2 Å². The Bertz CT molecular complexity index is 1240. The van der Waals surface area contributed by atoms with E-state index in [9.17, 15) is 13.2 Å². The molecule has 2 aliphatic heterocycles. The lowest BCUT2D eigenvalue weighted by atomic mass is 9.89. The third-order valence-corrected chi connectivity index (χ3v) is 9.19. The average Bonchev–Trinajstić information content (AvgIpc) is 3.32. The molecule has 0 bridgehead atoms. The number of pyridine rings is 1. The SMILES string of the molecule is O=C(CCc1ccc(S(=O)(=O)N2CCCCC2)cc1)N1CCC(c2c[nH]c3ncccc23)CC1. The van der Waals surface area contributed by atoms with E-state index in [4.69, 9.17) is 0 Å². The Kier molecular flexibility index (Phi) is 6.70. The number of hydrogen-bond donors (Lipinski definition) is 1. The molecule has 1 aromatic carbocycles. The number of aryl methyl sites for hydroxylation is 1. The zero-order chi connectivity index (χ0) is 23.5. The van der Waals surface area contributed by atoms with E-state index in [1.54, 1.807) is 22.6 Å². The molecule has 7 nitrogen and oxygen atoms in total. The van der Waals surface area contributed by atoms with Gasteiger partial charge in [-0.1, -0.05) is 18.6 Å². The van der Waals surface area contributed by atoms with Crippen molar-refractivity contribution < 1.29 is 13.2 Å². The van der Waals surface area contributed by atoms with Gasteiger partial charge in [0.05, 0.1) is 4.90 Å². The molecule has 0 saturated carbocycles. The highest BCUT2D eigenvalue weighted by Crippen LogP contribution is 2.32. The van der Waals surface area contributed by atoms with Crippen molar-refractivity contribution in [3.05, 3.63) is 59.9 Å². The van der Waals surface area contributed by atoms with E-state index >= 15 is 0 Å². The molecule has 3 aromatic rings. The van der Waals surface area contributed by atoms with E-state index in [0.29, 0.717) is 36.7 Å². The molecule has 0 radical (unpaired) electrons. The molecule has 0 spiro atoms. The number of aromatic amines is 1. The van der Waals surface area contributed by atoms with E-state index in [1.807, 2.05) is 23.1 Å². The molecule has 0 unspecified atom stereocenters. The zero-order valence-electron chi connectivity index (χ0n) is 19.4. The van der Waals surface area contributed by atoms with Crippen LogP contribution in [-0.4, -0.2) is 59.7 Å². The Morgan fingerprint density at radius 1 is 1.00 bits per heavy atom. The highest BCUT2D eigenvalue weighted by Gasteiger charge is 2.27. The van der Waals surface area contributed by atoms with E-state index < -0.39 is 10.0 Å². The summed E-state index contributed by atoms with van der Waals surface area (Å²) in [6.45, 7) is 2.74. The van der Waals surface area contributed by atoms with Crippen molar-refractivity contribution in [3.8, 4) is 0 Å². The maximum absolute atomic E-state index is 12.8. The van der Waals surface area contributed by atoms with E-state index in [-0.39, 0.29) is 5.91 Å². The highest BCUT2D eigenvalue weighted by molar-refractivity contribution is 7.89. The quantitative estimate of drug-likeness (QED) is 0.576. The summed E-state index contributed by atoms with van der Waals surface area (Å²) >= 11 is 0. The second-order valence-electron chi connectivity index (χ2n) is 9.41. The van der Waals surface area contributed by atoms with Crippen LogP contribution in [0.25, 0.3) is 11.0 Å². The lowest BCUT2D eigenvalue weighted by Crippen LogP contribution is -2.38. The van der Waals surface area contributed by atoms with Crippen molar-refractivity contribution in [1.29, 1.82) is 0 Å². The molecule has 2 aliphatic rings. The molecule has 180 valence electrons. The minimum Gasteiger partial charge on any atom is -0.346 e. The summed E-state index contributed by atoms with van der Waals surface area (Å²) in [7, 11) is -3.41. The number of piperidine rings is 2. The van der Waals surface area contributed by atoms with Crippen molar-refractivity contribution in [2.24, 2.45) is 0 Å². The van der Waals surface area contributed by atoms with Gasteiger partial charge in [-0.25, -0.2) is 13.4 Å². The number of nitrogens with one attached hydrogen (secondary N) is 1. The lowest BCUT2D eigenvalue weighted by molar-refractivity contribution is -0.132. The Morgan fingerprint density at radius 3 is 2.47 bits per heavy atom. The number of sulfonamides is 1. The molecule has 2 saturated heterocycles. The molecule has 2 aromatic heterocycles. The number of H-pyrrole nitrogens is 1. The molecule has 1 amide bonds. The topological polar surface area (TPSA) is 86.4 Å². The minimum atomic E-state index is -3.41. The summed E-state index contributed by atoms with van der Waals surface area (Å²) in [6.07, 6.45) is 9.78. The number of rotatable bonds is 6. The molecule has 8 heteroatoms. The van der Waals surface area contributed by atoms with E-state index in [2.05, 4.69) is 22.2 Å². The van der Waals surface area contributed by atoms with Gasteiger partial charge in [0.2, 0.25) is 15.9 Å². The van der Waals surface area contributed by atoms with Crippen LogP contribution in [0.4, 0.5) is 0 Å². The summed E-state index contributed by atoms with van der Waals surface area (Å²) in [4.78, 5) is 22.8. The molecular weight excluding hydrogens is 448 g/mol. The van der Waals surface area contributed by atoms with Crippen LogP contribution in [0.15, 0.2) is 53.7 Å². The number of likely N-dealkylation sites (tertiary alicyclic amines) is 1. The number of aromatic nitrogens is 2. The van der Waals surface area contributed by atoms with Crippen molar-refractivity contribution in [2.45, 2.75) is 55.8 Å². The van der Waals surface area contributed by atoms with Crippen LogP contribution in [0, 0.1) is 0 Å². The molecular formula is C26H32N4O3S. The van der Waals surface area contributed by atoms with Gasteiger partial charge in [-0.15, -0.1) is 0 Å². The average molecular weight is 481 g/mol. The smallest absolute Gasteiger partial charge is 0.243 e. The van der Waals surface area contributed by atoms with Gasteiger partial charge < -0.3 is 9.88 Å². The van der Waals surface area contributed by atoms with E-state index in [1.165, 1.54) is 10.9 Å². The van der Waals surface area contributed by atoms with Crippen LogP contribution in [0.5, 0.6) is 0 Å². The Morgan fingerprint density at radius 2 is 1.74 bits per heavy atom. The van der Waals surface area contributed by atoms with Crippen LogP contribution in [0.2, 0.25) is 0 Å². The number of nitrogens with zero attached hydrogens (tertiary/aromatic N) is 3. The highest BCUT2D eigenvalue weighted by atomic mass is 32.2. The van der Waals surface area contributed by atoms with Crippen LogP contribution in [0.1, 0.15) is 55.6 Å². The second kappa shape index (κ2) is 9.88. The number of hydrogen-bond acceptors (Lipinski definition) is 4. The van der Waals surface area contributed by atoms with Gasteiger partial charge in [0.15, 0.2) is 0 Å². The third-order valence-electron chi connectivity index (χ3n) is 7.27. The van der Waals surface area contributed by atoms with Crippen molar-refractivity contribution in [3.63, 3.8) is 0 Å². The molecule has 2 fully saturated rings. The van der Waals surface area contributed by atoms with Crippen LogP contribution in [-0.2, 0) is 21.2 Å². The van der Waals surface area contributed by atoms with Gasteiger partial charge in [0.25, 0.3) is 0 Å². The minimum absolute atomic E-state index is 0.170. The summed E-state index contributed by atoms with van der Waals surface area (Å²) in [5, 5.41) is 1.18. The van der Waals surface area contributed by atoms with Gasteiger partial charge in [-0.3, -0.25) is 4.79 Å². The molecule has 5 rings (SSSR count). The lowest BCUT2D eigenvalue weighted by Gasteiger charge is -2.32. The van der Waals surface area contributed by atoms with Crippen LogP contribution < -0.4 is 0 Å². The number of carbonyl (C=O) groups is 1. The number of amides is 1. The Balaban J connectivity index is 1.13.